The minimum atomic E-state index is 0. The number of aliphatic imine (C=N–C) groups is 1. The highest BCUT2D eigenvalue weighted by Crippen LogP contribution is 2.30. The minimum Gasteiger partial charge on any atom is -0.396 e. The summed E-state index contributed by atoms with van der Waals surface area (Å²) in [6, 6.07) is 8.07. The maximum absolute atomic E-state index is 9.37. The molecule has 2 aromatic rings. The SMILES string of the molecule is CCNC(=NCC(CC)(CC)CCO)NCCc1nc2ccccc2[nH]1.I. The third-order valence-corrected chi connectivity index (χ3v) is 5.15. The molecule has 0 fully saturated rings. The monoisotopic (exact) mass is 487 g/mol. The zero-order valence-electron chi connectivity index (χ0n) is 16.7. The second kappa shape index (κ2) is 12.2. The number of nitrogens with one attached hydrogen (secondary N) is 3. The highest BCUT2D eigenvalue weighted by Gasteiger charge is 2.25. The molecule has 0 bridgehead atoms. The number of fused-ring (bicyclic) bond motifs is 1. The average molecular weight is 487 g/mol. The van der Waals surface area contributed by atoms with Crippen molar-refractivity contribution >= 4 is 41.0 Å². The summed E-state index contributed by atoms with van der Waals surface area (Å²) in [7, 11) is 0. The molecule has 4 N–H and O–H groups in total. The van der Waals surface area contributed by atoms with Gasteiger partial charge in [-0.25, -0.2) is 4.98 Å². The summed E-state index contributed by atoms with van der Waals surface area (Å²) in [6.45, 7) is 8.94. The molecule has 6 nitrogen and oxygen atoms in total. The lowest BCUT2D eigenvalue weighted by atomic mass is 9.79. The van der Waals surface area contributed by atoms with Crippen LogP contribution in [0.25, 0.3) is 11.0 Å². The number of H-pyrrole nitrogens is 1. The molecule has 7 heteroatoms. The highest BCUT2D eigenvalue weighted by molar-refractivity contribution is 14.0. The first-order chi connectivity index (χ1) is 12.7. The summed E-state index contributed by atoms with van der Waals surface area (Å²) in [5, 5.41) is 16.1. The van der Waals surface area contributed by atoms with E-state index in [1.54, 1.807) is 0 Å². The van der Waals surface area contributed by atoms with E-state index < -0.39 is 0 Å². The number of hydrogen-bond acceptors (Lipinski definition) is 3. The van der Waals surface area contributed by atoms with Gasteiger partial charge in [0.25, 0.3) is 0 Å². The van der Waals surface area contributed by atoms with Crippen LogP contribution in [0.4, 0.5) is 0 Å². The predicted molar refractivity (Wildman–Crippen MR) is 124 cm³/mol. The molecule has 152 valence electrons. The first kappa shape index (κ1) is 23.7. The number of aliphatic hydroxyl groups excluding tert-OH is 1. The van der Waals surface area contributed by atoms with E-state index in [-0.39, 0.29) is 36.0 Å². The normalized spacial score (nSPS) is 12.1. The number of rotatable bonds is 10. The Balaban J connectivity index is 0.00000364. The van der Waals surface area contributed by atoms with Gasteiger partial charge >= 0.3 is 0 Å². The minimum absolute atomic E-state index is 0. The van der Waals surface area contributed by atoms with E-state index in [4.69, 9.17) is 4.99 Å². The number of halogens is 1. The van der Waals surface area contributed by atoms with Crippen LogP contribution in [0.1, 0.15) is 45.9 Å². The number of nitrogens with zero attached hydrogens (tertiary/aromatic N) is 2. The van der Waals surface area contributed by atoms with Crippen molar-refractivity contribution in [2.75, 3.05) is 26.2 Å². The molecule has 1 aromatic heterocycles. The number of benzene rings is 1. The van der Waals surface area contributed by atoms with Crippen LogP contribution in [0.3, 0.4) is 0 Å². The van der Waals surface area contributed by atoms with Crippen LogP contribution >= 0.6 is 24.0 Å². The average Bonchev–Trinajstić information content (AvgIpc) is 3.08. The number of imidazole rings is 1. The van der Waals surface area contributed by atoms with Crippen LogP contribution in [0.15, 0.2) is 29.3 Å². The number of para-hydroxylation sites is 2. The van der Waals surface area contributed by atoms with Gasteiger partial charge in [-0.3, -0.25) is 4.99 Å². The van der Waals surface area contributed by atoms with Crippen molar-refractivity contribution in [1.82, 2.24) is 20.6 Å². The molecule has 0 amide bonds. The Hall–Kier alpha value is -1.35. The van der Waals surface area contributed by atoms with Gasteiger partial charge in [0.15, 0.2) is 5.96 Å². The molecule has 0 radical (unpaired) electrons. The van der Waals surface area contributed by atoms with Crippen molar-refractivity contribution in [2.24, 2.45) is 10.4 Å². The lowest BCUT2D eigenvalue weighted by Crippen LogP contribution is -2.39. The van der Waals surface area contributed by atoms with Gasteiger partial charge in [0.2, 0.25) is 0 Å². The molecule has 27 heavy (non-hydrogen) atoms. The van der Waals surface area contributed by atoms with E-state index in [2.05, 4.69) is 41.4 Å². The summed E-state index contributed by atoms with van der Waals surface area (Å²) < 4.78 is 0. The second-order valence-corrected chi connectivity index (χ2v) is 6.75. The topological polar surface area (TPSA) is 85.3 Å². The van der Waals surface area contributed by atoms with Gasteiger partial charge in [0.05, 0.1) is 11.0 Å². The molecular weight excluding hydrogens is 453 g/mol. The van der Waals surface area contributed by atoms with Crippen LogP contribution in [-0.4, -0.2) is 47.3 Å². The van der Waals surface area contributed by atoms with Crippen LogP contribution in [0.2, 0.25) is 0 Å². The van der Waals surface area contributed by atoms with Gasteiger partial charge in [-0.15, -0.1) is 24.0 Å². The standard InChI is InChI=1S/C20H33N5O.HI/c1-4-20(5-2,12-14-26)15-23-19(21-6-3)22-13-11-18-24-16-9-7-8-10-17(16)25-18;/h7-10,26H,4-6,11-15H2,1-3H3,(H,24,25)(H2,21,22,23);1H. The molecule has 0 aliphatic carbocycles. The van der Waals surface area contributed by atoms with Gasteiger partial charge in [0.1, 0.15) is 5.82 Å². The molecule has 0 atom stereocenters. The number of hydrogen-bond donors (Lipinski definition) is 4. The Bertz CT molecular complexity index is 663. The maximum atomic E-state index is 9.37. The fourth-order valence-electron chi connectivity index (χ4n) is 3.16. The highest BCUT2D eigenvalue weighted by atomic mass is 127. The van der Waals surface area contributed by atoms with Gasteiger partial charge in [0, 0.05) is 32.7 Å². The van der Waals surface area contributed by atoms with Crippen molar-refractivity contribution < 1.29 is 5.11 Å². The lowest BCUT2D eigenvalue weighted by Gasteiger charge is -2.29. The fourth-order valence-corrected chi connectivity index (χ4v) is 3.16. The van der Waals surface area contributed by atoms with Crippen molar-refractivity contribution in [3.8, 4) is 0 Å². The fraction of sp³-hybridized carbons (Fsp3) is 0.600. The molecule has 1 aromatic carbocycles. The summed E-state index contributed by atoms with van der Waals surface area (Å²) in [5.41, 5.74) is 2.15. The van der Waals surface area contributed by atoms with Crippen molar-refractivity contribution in [2.45, 2.75) is 46.5 Å². The van der Waals surface area contributed by atoms with Crippen LogP contribution in [-0.2, 0) is 6.42 Å². The summed E-state index contributed by atoms with van der Waals surface area (Å²) in [5.74, 6) is 1.80. The van der Waals surface area contributed by atoms with Crippen molar-refractivity contribution in [3.63, 3.8) is 0 Å². The predicted octanol–water partition coefficient (Wildman–Crippen LogP) is 3.47. The number of aromatic amines is 1. The lowest BCUT2D eigenvalue weighted by molar-refractivity contribution is 0.175. The van der Waals surface area contributed by atoms with Gasteiger partial charge in [-0.1, -0.05) is 26.0 Å². The van der Waals surface area contributed by atoms with E-state index >= 15 is 0 Å². The van der Waals surface area contributed by atoms with Gasteiger partial charge in [-0.2, -0.15) is 0 Å². The van der Waals surface area contributed by atoms with Gasteiger partial charge in [-0.05, 0) is 43.7 Å². The molecule has 0 aliphatic rings. The number of aromatic nitrogens is 2. The molecule has 0 spiro atoms. The third kappa shape index (κ3) is 6.95. The maximum Gasteiger partial charge on any atom is 0.191 e. The summed E-state index contributed by atoms with van der Waals surface area (Å²) in [4.78, 5) is 12.7. The quantitative estimate of drug-likeness (QED) is 0.235. The molecular formula is C20H34IN5O. The Morgan fingerprint density at radius 1 is 1.19 bits per heavy atom. The van der Waals surface area contributed by atoms with Crippen LogP contribution in [0, 0.1) is 5.41 Å². The van der Waals surface area contributed by atoms with E-state index in [1.807, 2.05) is 24.3 Å². The zero-order chi connectivity index (χ0) is 18.8. The Kier molecular flexibility index (Phi) is 10.7. The molecule has 0 saturated heterocycles. The molecule has 2 rings (SSSR count). The third-order valence-electron chi connectivity index (χ3n) is 5.15. The number of aliphatic hydroxyl groups is 1. The largest absolute Gasteiger partial charge is 0.396 e. The number of guanidine groups is 1. The first-order valence-corrected chi connectivity index (χ1v) is 9.73. The summed E-state index contributed by atoms with van der Waals surface area (Å²) in [6.07, 6.45) is 3.64. The molecule has 0 saturated carbocycles. The van der Waals surface area contributed by atoms with Crippen molar-refractivity contribution in [1.29, 1.82) is 0 Å². The molecule has 1 heterocycles. The molecule has 0 aliphatic heterocycles. The van der Waals surface area contributed by atoms with Crippen LogP contribution in [0.5, 0.6) is 0 Å². The van der Waals surface area contributed by atoms with Crippen LogP contribution < -0.4 is 10.6 Å². The van der Waals surface area contributed by atoms with E-state index in [0.717, 1.165) is 68.1 Å². The van der Waals surface area contributed by atoms with E-state index in [1.165, 1.54) is 0 Å². The van der Waals surface area contributed by atoms with E-state index in [9.17, 15) is 5.11 Å². The van der Waals surface area contributed by atoms with Gasteiger partial charge < -0.3 is 20.7 Å². The van der Waals surface area contributed by atoms with E-state index in [0.29, 0.717) is 0 Å². The molecule has 0 unspecified atom stereocenters. The summed E-state index contributed by atoms with van der Waals surface area (Å²) >= 11 is 0. The first-order valence-electron chi connectivity index (χ1n) is 9.73. The zero-order valence-corrected chi connectivity index (χ0v) is 19.0. The Labute approximate surface area is 179 Å². The second-order valence-electron chi connectivity index (χ2n) is 6.75. The Morgan fingerprint density at radius 3 is 2.56 bits per heavy atom. The smallest absolute Gasteiger partial charge is 0.191 e. The van der Waals surface area contributed by atoms with Crippen molar-refractivity contribution in [3.05, 3.63) is 30.1 Å². The Morgan fingerprint density at radius 2 is 1.93 bits per heavy atom.